The number of benzene rings is 2. The summed E-state index contributed by atoms with van der Waals surface area (Å²) < 4.78 is 13.6. The highest BCUT2D eigenvalue weighted by atomic mass is 35.5. The predicted molar refractivity (Wildman–Crippen MR) is 71.5 cm³/mol. The molecule has 0 aromatic heterocycles. The maximum Gasteiger partial charge on any atom is 0.170 e. The van der Waals surface area contributed by atoms with Gasteiger partial charge in [-0.05, 0) is 17.7 Å². The number of hydrogen-bond acceptors (Lipinski definition) is 2. The van der Waals surface area contributed by atoms with Gasteiger partial charge >= 0.3 is 0 Å². The van der Waals surface area contributed by atoms with Gasteiger partial charge in [0.25, 0.3) is 0 Å². The third kappa shape index (κ3) is 3.19. The molecule has 0 heterocycles. The number of halogens is 2. The first-order valence-electron chi connectivity index (χ1n) is 5.78. The van der Waals surface area contributed by atoms with E-state index in [4.69, 9.17) is 11.6 Å². The van der Waals surface area contributed by atoms with E-state index in [0.717, 1.165) is 0 Å². The summed E-state index contributed by atoms with van der Waals surface area (Å²) in [5.74, 6) is -1.03. The van der Waals surface area contributed by atoms with Gasteiger partial charge in [0, 0.05) is 17.0 Å². The molecule has 0 bridgehead atoms. The highest BCUT2D eigenvalue weighted by Crippen LogP contribution is 2.22. The third-order valence-corrected chi connectivity index (χ3v) is 3.19. The molecule has 0 fully saturated rings. The van der Waals surface area contributed by atoms with Crippen molar-refractivity contribution in [1.82, 2.24) is 0 Å². The number of aliphatic hydroxyl groups is 1. The summed E-state index contributed by atoms with van der Waals surface area (Å²) in [6.45, 7) is 0. The molecule has 0 saturated carbocycles. The molecule has 2 aromatic carbocycles. The summed E-state index contributed by atoms with van der Waals surface area (Å²) >= 11 is 5.85. The largest absolute Gasteiger partial charge is 0.381 e. The molecule has 0 saturated heterocycles. The van der Waals surface area contributed by atoms with Crippen LogP contribution in [0.3, 0.4) is 0 Å². The second kappa shape index (κ2) is 5.95. The van der Waals surface area contributed by atoms with Gasteiger partial charge in [0.2, 0.25) is 0 Å². The van der Waals surface area contributed by atoms with E-state index < -0.39 is 17.7 Å². The molecule has 0 spiro atoms. The van der Waals surface area contributed by atoms with Crippen molar-refractivity contribution in [1.29, 1.82) is 0 Å². The van der Waals surface area contributed by atoms with E-state index >= 15 is 0 Å². The Morgan fingerprint density at radius 2 is 1.84 bits per heavy atom. The monoisotopic (exact) mass is 278 g/mol. The molecule has 0 aliphatic rings. The highest BCUT2D eigenvalue weighted by Gasteiger charge is 2.20. The van der Waals surface area contributed by atoms with Crippen LogP contribution in [-0.4, -0.2) is 10.9 Å². The fourth-order valence-electron chi connectivity index (χ4n) is 1.79. The molecule has 98 valence electrons. The number of Topliss-reactive ketones (excluding diaryl/α,β-unsaturated/α-hetero) is 1. The summed E-state index contributed by atoms with van der Waals surface area (Å²) in [6.07, 6.45) is -1.50. The van der Waals surface area contributed by atoms with E-state index in [9.17, 15) is 14.3 Å². The summed E-state index contributed by atoms with van der Waals surface area (Å²) in [4.78, 5) is 11.9. The van der Waals surface area contributed by atoms with Crippen LogP contribution in [0.1, 0.15) is 17.2 Å². The van der Waals surface area contributed by atoms with Crippen LogP contribution in [0.5, 0.6) is 0 Å². The van der Waals surface area contributed by atoms with Gasteiger partial charge in [0.05, 0.1) is 0 Å². The fraction of sp³-hybridized carbons (Fsp3) is 0.133. The molecule has 2 rings (SSSR count). The molecular weight excluding hydrogens is 267 g/mol. The van der Waals surface area contributed by atoms with Crippen molar-refractivity contribution in [3.05, 3.63) is 70.5 Å². The molecule has 0 radical (unpaired) electrons. The Morgan fingerprint density at radius 1 is 1.16 bits per heavy atom. The van der Waals surface area contributed by atoms with Crippen molar-refractivity contribution in [3.63, 3.8) is 0 Å². The molecule has 0 aliphatic carbocycles. The van der Waals surface area contributed by atoms with E-state index in [2.05, 4.69) is 0 Å². The van der Waals surface area contributed by atoms with Gasteiger partial charge < -0.3 is 5.11 Å². The number of carbonyl (C=O) groups excluding carboxylic acids is 1. The Kier molecular flexibility index (Phi) is 4.30. The lowest BCUT2D eigenvalue weighted by molar-refractivity contribution is -0.126. The van der Waals surface area contributed by atoms with Gasteiger partial charge in [0.15, 0.2) is 5.78 Å². The van der Waals surface area contributed by atoms with Crippen LogP contribution in [0, 0.1) is 5.82 Å². The summed E-state index contributed by atoms with van der Waals surface area (Å²) in [6, 6.07) is 12.8. The smallest absolute Gasteiger partial charge is 0.170 e. The van der Waals surface area contributed by atoms with Gasteiger partial charge in [-0.3, -0.25) is 4.79 Å². The van der Waals surface area contributed by atoms with Crippen molar-refractivity contribution in [2.75, 3.05) is 0 Å². The summed E-state index contributed by atoms with van der Waals surface area (Å²) in [5, 5.41) is 10.1. The van der Waals surface area contributed by atoms with E-state index in [1.54, 1.807) is 30.3 Å². The van der Waals surface area contributed by atoms with Crippen LogP contribution in [0.15, 0.2) is 48.5 Å². The minimum Gasteiger partial charge on any atom is -0.381 e. The van der Waals surface area contributed by atoms with Crippen molar-refractivity contribution in [2.45, 2.75) is 12.5 Å². The maximum absolute atomic E-state index is 13.6. The van der Waals surface area contributed by atoms with E-state index in [-0.39, 0.29) is 17.0 Å². The Morgan fingerprint density at radius 3 is 2.47 bits per heavy atom. The molecule has 2 nitrogen and oxygen atoms in total. The van der Waals surface area contributed by atoms with Gasteiger partial charge in [-0.1, -0.05) is 48.0 Å². The van der Waals surface area contributed by atoms with Gasteiger partial charge in [0.1, 0.15) is 11.9 Å². The van der Waals surface area contributed by atoms with Gasteiger partial charge in [-0.25, -0.2) is 4.39 Å². The van der Waals surface area contributed by atoms with E-state index in [0.29, 0.717) is 5.56 Å². The second-order valence-electron chi connectivity index (χ2n) is 4.16. The highest BCUT2D eigenvalue weighted by molar-refractivity contribution is 6.31. The Bertz CT molecular complexity index is 564. The molecule has 1 N–H and O–H groups in total. The van der Waals surface area contributed by atoms with Crippen LogP contribution in [0.4, 0.5) is 4.39 Å². The summed E-state index contributed by atoms with van der Waals surface area (Å²) in [5.41, 5.74) is 0.601. The zero-order valence-electron chi connectivity index (χ0n) is 10.0. The standard InChI is InChI=1S/C15H12ClFO2/c16-12-7-4-8-13(17)11(12)9-14(18)15(19)10-5-2-1-3-6-10/h1-8,15,19H,9H2. The van der Waals surface area contributed by atoms with Crippen molar-refractivity contribution >= 4 is 17.4 Å². The van der Waals surface area contributed by atoms with Gasteiger partial charge in [-0.2, -0.15) is 0 Å². The minimum absolute atomic E-state index is 0.115. The Labute approximate surface area is 115 Å². The first kappa shape index (κ1) is 13.7. The van der Waals surface area contributed by atoms with Crippen LogP contribution < -0.4 is 0 Å². The number of ketones is 1. The molecule has 0 amide bonds. The summed E-state index contributed by atoms with van der Waals surface area (Å²) in [7, 11) is 0. The quantitative estimate of drug-likeness (QED) is 0.931. The maximum atomic E-state index is 13.6. The third-order valence-electron chi connectivity index (χ3n) is 2.83. The molecule has 1 atom stereocenters. The van der Waals surface area contributed by atoms with E-state index in [1.807, 2.05) is 0 Å². The molecule has 0 aliphatic heterocycles. The Hall–Kier alpha value is -1.71. The lowest BCUT2D eigenvalue weighted by Gasteiger charge is -2.11. The van der Waals surface area contributed by atoms with Crippen LogP contribution in [0.25, 0.3) is 0 Å². The number of carbonyl (C=O) groups is 1. The number of rotatable bonds is 4. The first-order chi connectivity index (χ1) is 9.09. The molecule has 2 aromatic rings. The lowest BCUT2D eigenvalue weighted by atomic mass is 10.00. The van der Waals surface area contributed by atoms with Gasteiger partial charge in [-0.15, -0.1) is 0 Å². The van der Waals surface area contributed by atoms with Crippen LogP contribution in [0.2, 0.25) is 5.02 Å². The topological polar surface area (TPSA) is 37.3 Å². The van der Waals surface area contributed by atoms with Crippen LogP contribution >= 0.6 is 11.6 Å². The zero-order chi connectivity index (χ0) is 13.8. The average Bonchev–Trinajstić information content (AvgIpc) is 2.43. The zero-order valence-corrected chi connectivity index (χ0v) is 10.8. The molecule has 1 unspecified atom stereocenters. The van der Waals surface area contributed by atoms with Crippen molar-refractivity contribution in [2.24, 2.45) is 0 Å². The van der Waals surface area contributed by atoms with E-state index in [1.165, 1.54) is 18.2 Å². The van der Waals surface area contributed by atoms with Crippen molar-refractivity contribution in [3.8, 4) is 0 Å². The lowest BCUT2D eigenvalue weighted by Crippen LogP contribution is -2.15. The second-order valence-corrected chi connectivity index (χ2v) is 4.56. The minimum atomic E-state index is -1.27. The predicted octanol–water partition coefficient (Wildman–Crippen LogP) is 3.32. The molecule has 4 heteroatoms. The number of hydrogen-bond donors (Lipinski definition) is 1. The fourth-order valence-corrected chi connectivity index (χ4v) is 2.02. The average molecular weight is 279 g/mol. The van der Waals surface area contributed by atoms with Crippen LogP contribution in [-0.2, 0) is 11.2 Å². The van der Waals surface area contributed by atoms with Crippen molar-refractivity contribution < 1.29 is 14.3 Å². The Balaban J connectivity index is 2.18. The SMILES string of the molecule is O=C(Cc1c(F)cccc1Cl)C(O)c1ccccc1. The number of aliphatic hydroxyl groups excluding tert-OH is 1. The molecule has 19 heavy (non-hydrogen) atoms. The molecular formula is C15H12ClFO2. The normalized spacial score (nSPS) is 12.2. The first-order valence-corrected chi connectivity index (χ1v) is 6.16.